The molecule has 0 saturated carbocycles. The molecule has 52 heavy (non-hydrogen) atoms. The molecule has 0 spiro atoms. The molecule has 0 bridgehead atoms. The number of aliphatic carboxylic acids is 1. The molecule has 2 amide bonds. The second kappa shape index (κ2) is 15.1. The summed E-state index contributed by atoms with van der Waals surface area (Å²) >= 11 is 0. The summed E-state index contributed by atoms with van der Waals surface area (Å²) in [6.07, 6.45) is -5.10. The van der Waals surface area contributed by atoms with E-state index >= 15 is 0 Å². The molecule has 6 aromatic rings. The van der Waals surface area contributed by atoms with E-state index in [1.807, 2.05) is 31.2 Å². The standard InChI is InChI=1S/C40H31F3N4O5/c1-25-6-10-27(11-7-25)28-14-16-29(17-15-28)37-45-38(52-46-37)30-12-8-26(9-13-30)23-47(24-36(49)50)39(51)31-18-20-33(21-19-31)44-35(48)22-32-4-2-3-5-34(32)40(41,42)43/h2-21H,22-24H2,1H3,(H,44,48)(H,49,50). The van der Waals surface area contributed by atoms with Gasteiger partial charge in [0.2, 0.25) is 11.7 Å². The number of carboxylic acids is 1. The van der Waals surface area contributed by atoms with Crippen LogP contribution in [0, 0.1) is 6.92 Å². The Labute approximate surface area is 296 Å². The highest BCUT2D eigenvalue weighted by molar-refractivity contribution is 5.97. The minimum atomic E-state index is -4.60. The molecule has 5 aromatic carbocycles. The van der Waals surface area contributed by atoms with E-state index in [2.05, 4.69) is 39.7 Å². The fourth-order valence-electron chi connectivity index (χ4n) is 5.56. The van der Waals surface area contributed by atoms with Gasteiger partial charge in [-0.2, -0.15) is 18.2 Å². The van der Waals surface area contributed by atoms with Gasteiger partial charge in [-0.25, -0.2) is 0 Å². The zero-order valence-corrected chi connectivity index (χ0v) is 27.7. The molecule has 0 radical (unpaired) electrons. The fourth-order valence-corrected chi connectivity index (χ4v) is 5.56. The van der Waals surface area contributed by atoms with Crippen LogP contribution in [0.3, 0.4) is 0 Å². The fraction of sp³-hybridized carbons (Fsp3) is 0.125. The van der Waals surface area contributed by atoms with Gasteiger partial charge in [0.15, 0.2) is 0 Å². The van der Waals surface area contributed by atoms with Crippen LogP contribution in [0.15, 0.2) is 126 Å². The average Bonchev–Trinajstić information content (AvgIpc) is 3.62. The molecule has 0 aliphatic rings. The molecule has 0 fully saturated rings. The number of rotatable bonds is 11. The Morgan fingerprint density at radius 1 is 0.769 bits per heavy atom. The second-order valence-corrected chi connectivity index (χ2v) is 12.1. The number of nitrogens with one attached hydrogen (secondary N) is 1. The number of aryl methyl sites for hydroxylation is 1. The van der Waals surface area contributed by atoms with Crippen LogP contribution in [0.2, 0.25) is 0 Å². The molecule has 1 aromatic heterocycles. The van der Waals surface area contributed by atoms with Gasteiger partial charge in [0.1, 0.15) is 6.54 Å². The van der Waals surface area contributed by atoms with Gasteiger partial charge < -0.3 is 19.8 Å². The third kappa shape index (κ3) is 8.59. The van der Waals surface area contributed by atoms with E-state index < -0.39 is 42.5 Å². The molecule has 12 heteroatoms. The van der Waals surface area contributed by atoms with Crippen LogP contribution in [0.5, 0.6) is 0 Å². The third-order valence-corrected chi connectivity index (χ3v) is 8.23. The summed E-state index contributed by atoms with van der Waals surface area (Å²) in [6, 6.07) is 33.5. The van der Waals surface area contributed by atoms with Crippen molar-refractivity contribution in [2.24, 2.45) is 0 Å². The maximum atomic E-state index is 13.4. The number of carbonyl (C=O) groups excluding carboxylic acids is 2. The lowest BCUT2D eigenvalue weighted by molar-refractivity contribution is -0.139. The van der Waals surface area contributed by atoms with Gasteiger partial charge in [0, 0.05) is 28.9 Å². The predicted octanol–water partition coefficient (Wildman–Crippen LogP) is 8.31. The molecule has 0 aliphatic heterocycles. The van der Waals surface area contributed by atoms with Crippen molar-refractivity contribution in [2.75, 3.05) is 11.9 Å². The molecule has 6 rings (SSSR count). The summed E-state index contributed by atoms with van der Waals surface area (Å²) in [5, 5.41) is 16.2. The van der Waals surface area contributed by atoms with Gasteiger partial charge >= 0.3 is 12.1 Å². The van der Waals surface area contributed by atoms with Gasteiger partial charge in [-0.05, 0) is 71.6 Å². The van der Waals surface area contributed by atoms with Crippen LogP contribution in [0.1, 0.15) is 32.6 Å². The van der Waals surface area contributed by atoms with Crippen molar-refractivity contribution >= 4 is 23.5 Å². The van der Waals surface area contributed by atoms with E-state index in [1.54, 1.807) is 24.3 Å². The zero-order valence-electron chi connectivity index (χ0n) is 27.7. The van der Waals surface area contributed by atoms with Gasteiger partial charge in [0.05, 0.1) is 12.0 Å². The summed E-state index contributed by atoms with van der Waals surface area (Å²) in [5.74, 6) is -1.74. The van der Waals surface area contributed by atoms with Crippen LogP contribution >= 0.6 is 0 Å². The maximum absolute atomic E-state index is 13.4. The van der Waals surface area contributed by atoms with Crippen LogP contribution < -0.4 is 5.32 Å². The normalized spacial score (nSPS) is 11.2. The van der Waals surface area contributed by atoms with Crippen molar-refractivity contribution in [1.29, 1.82) is 0 Å². The van der Waals surface area contributed by atoms with E-state index in [-0.39, 0.29) is 23.4 Å². The monoisotopic (exact) mass is 704 g/mol. The number of amides is 2. The van der Waals surface area contributed by atoms with Crippen molar-refractivity contribution in [2.45, 2.75) is 26.1 Å². The quantitative estimate of drug-likeness (QED) is 0.139. The van der Waals surface area contributed by atoms with Gasteiger partial charge in [-0.15, -0.1) is 0 Å². The highest BCUT2D eigenvalue weighted by Gasteiger charge is 2.33. The first-order chi connectivity index (χ1) is 24.9. The number of hydrogen-bond donors (Lipinski definition) is 2. The van der Waals surface area contributed by atoms with Crippen LogP contribution in [-0.2, 0) is 28.7 Å². The van der Waals surface area contributed by atoms with E-state index in [0.29, 0.717) is 22.8 Å². The number of hydrogen-bond acceptors (Lipinski definition) is 6. The van der Waals surface area contributed by atoms with Gasteiger partial charge in [0.25, 0.3) is 11.8 Å². The minimum Gasteiger partial charge on any atom is -0.480 e. The largest absolute Gasteiger partial charge is 0.480 e. The Bertz CT molecular complexity index is 2200. The molecule has 0 aliphatic carbocycles. The van der Waals surface area contributed by atoms with Gasteiger partial charge in [-0.1, -0.05) is 89.6 Å². The minimum absolute atomic E-state index is 0.0229. The van der Waals surface area contributed by atoms with Gasteiger partial charge in [-0.3, -0.25) is 14.4 Å². The third-order valence-electron chi connectivity index (χ3n) is 8.23. The molecule has 0 unspecified atom stereocenters. The molecule has 0 saturated heterocycles. The molecular formula is C40H31F3N4O5. The van der Waals surface area contributed by atoms with E-state index in [4.69, 9.17) is 4.52 Å². The maximum Gasteiger partial charge on any atom is 0.416 e. The van der Waals surface area contributed by atoms with Crippen molar-refractivity contribution < 1.29 is 37.2 Å². The SMILES string of the molecule is Cc1ccc(-c2ccc(-c3noc(-c4ccc(CN(CC(=O)O)C(=O)c5ccc(NC(=O)Cc6ccccc6C(F)(F)F)cc5)cc4)n3)cc2)cc1. The highest BCUT2D eigenvalue weighted by Crippen LogP contribution is 2.32. The van der Waals surface area contributed by atoms with E-state index in [1.165, 1.54) is 48.0 Å². The molecule has 2 N–H and O–H groups in total. The Kier molecular flexibility index (Phi) is 10.3. The topological polar surface area (TPSA) is 126 Å². The number of halogens is 3. The van der Waals surface area contributed by atoms with E-state index in [9.17, 15) is 32.7 Å². The molecule has 1 heterocycles. The zero-order chi connectivity index (χ0) is 36.8. The Morgan fingerprint density at radius 3 is 2.00 bits per heavy atom. The predicted molar refractivity (Wildman–Crippen MR) is 188 cm³/mol. The Morgan fingerprint density at radius 2 is 1.37 bits per heavy atom. The lowest BCUT2D eigenvalue weighted by Gasteiger charge is -2.21. The first-order valence-electron chi connectivity index (χ1n) is 16.1. The lowest BCUT2D eigenvalue weighted by Crippen LogP contribution is -2.35. The van der Waals surface area contributed by atoms with Crippen LogP contribution in [-0.4, -0.2) is 44.5 Å². The second-order valence-electron chi connectivity index (χ2n) is 12.1. The summed E-state index contributed by atoms with van der Waals surface area (Å²) in [5.41, 5.74) is 4.77. The van der Waals surface area contributed by atoms with E-state index in [0.717, 1.165) is 27.7 Å². The number of carbonyl (C=O) groups is 3. The number of benzene rings is 5. The highest BCUT2D eigenvalue weighted by atomic mass is 19.4. The molecular weight excluding hydrogens is 673 g/mol. The summed E-state index contributed by atoms with van der Waals surface area (Å²) < 4.78 is 45.5. The van der Waals surface area contributed by atoms with Crippen molar-refractivity contribution in [3.8, 4) is 34.0 Å². The number of aromatic nitrogens is 2. The Hall–Kier alpha value is -6.56. The smallest absolute Gasteiger partial charge is 0.416 e. The molecule has 262 valence electrons. The number of carboxylic acid groups (broad SMARTS) is 1. The Balaban J connectivity index is 1.09. The van der Waals surface area contributed by atoms with Crippen molar-refractivity contribution in [1.82, 2.24) is 15.0 Å². The number of anilines is 1. The summed E-state index contributed by atoms with van der Waals surface area (Å²) in [4.78, 5) is 43.2. The summed E-state index contributed by atoms with van der Waals surface area (Å²) in [6.45, 7) is 1.44. The first kappa shape index (κ1) is 35.3. The van der Waals surface area contributed by atoms with Crippen molar-refractivity contribution in [3.05, 3.63) is 149 Å². The molecule has 0 atom stereocenters. The number of nitrogens with zero attached hydrogens (tertiary/aromatic N) is 3. The van der Waals surface area contributed by atoms with Crippen LogP contribution in [0.25, 0.3) is 34.0 Å². The van der Waals surface area contributed by atoms with Crippen molar-refractivity contribution in [3.63, 3.8) is 0 Å². The number of alkyl halides is 3. The first-order valence-corrected chi connectivity index (χ1v) is 16.1. The lowest BCUT2D eigenvalue weighted by atomic mass is 10.0. The average molecular weight is 705 g/mol. The summed E-state index contributed by atoms with van der Waals surface area (Å²) in [7, 11) is 0. The van der Waals surface area contributed by atoms with Crippen LogP contribution in [0.4, 0.5) is 18.9 Å². The molecule has 9 nitrogen and oxygen atoms in total.